The number of hydrogen-bond acceptors (Lipinski definition) is 3. The lowest BCUT2D eigenvalue weighted by atomic mass is 10.0. The minimum atomic E-state index is -0.0834. The average Bonchev–Trinajstić information content (AvgIpc) is 2.59. The van der Waals surface area contributed by atoms with Gasteiger partial charge in [-0.2, -0.15) is 0 Å². The molecule has 1 heterocycles. The predicted molar refractivity (Wildman–Crippen MR) is 99.5 cm³/mol. The first-order valence-electron chi connectivity index (χ1n) is 9.00. The Hall–Kier alpha value is -2.08. The molecule has 1 aromatic carbocycles. The van der Waals surface area contributed by atoms with Crippen LogP contribution in [0.3, 0.4) is 0 Å². The summed E-state index contributed by atoms with van der Waals surface area (Å²) in [5.74, 6) is 0.480. The third kappa shape index (κ3) is 6.38. The highest BCUT2D eigenvalue weighted by atomic mass is 16.2. The van der Waals surface area contributed by atoms with Crippen molar-refractivity contribution in [2.75, 3.05) is 40.3 Å². The van der Waals surface area contributed by atoms with Crippen molar-refractivity contribution in [2.45, 2.75) is 26.3 Å². The molecule has 0 unspecified atom stereocenters. The molecule has 0 aliphatic carbocycles. The number of piperidine rings is 1. The van der Waals surface area contributed by atoms with Crippen LogP contribution in [0.2, 0.25) is 0 Å². The van der Waals surface area contributed by atoms with E-state index >= 15 is 0 Å². The lowest BCUT2D eigenvalue weighted by molar-refractivity contribution is 0.0951. The van der Waals surface area contributed by atoms with E-state index in [-0.39, 0.29) is 11.9 Å². The highest BCUT2D eigenvalue weighted by Crippen LogP contribution is 2.15. The molecule has 2 rings (SSSR count). The van der Waals surface area contributed by atoms with Gasteiger partial charge in [-0.1, -0.05) is 19.1 Å². The summed E-state index contributed by atoms with van der Waals surface area (Å²) in [5.41, 5.74) is 1.55. The summed E-state index contributed by atoms with van der Waals surface area (Å²) in [6, 6.07) is 7.39. The van der Waals surface area contributed by atoms with Crippen molar-refractivity contribution in [1.82, 2.24) is 20.4 Å². The fourth-order valence-electron chi connectivity index (χ4n) is 2.98. The lowest BCUT2D eigenvalue weighted by Gasteiger charge is -2.31. The second-order valence-corrected chi connectivity index (χ2v) is 7.11. The zero-order valence-electron chi connectivity index (χ0n) is 15.5. The zero-order valence-corrected chi connectivity index (χ0v) is 15.5. The Morgan fingerprint density at radius 2 is 2.08 bits per heavy atom. The second kappa shape index (κ2) is 9.42. The Morgan fingerprint density at radius 1 is 1.28 bits per heavy atom. The fraction of sp³-hybridized carbons (Fsp3) is 0.579. The molecule has 1 aliphatic heterocycles. The van der Waals surface area contributed by atoms with Gasteiger partial charge in [0.2, 0.25) is 0 Å². The maximum atomic E-state index is 12.3. The Kier molecular flexibility index (Phi) is 7.25. The standard InChI is InChI=1S/C19H30N4O2/c1-15-6-5-10-23(14-15)19(25)21-13-16-7-4-8-17(12-16)18(24)20-9-11-22(2)3/h4,7-8,12,15H,5-6,9-11,13-14H2,1-3H3,(H,20,24)(H,21,25)/t15-/m0/s1. The van der Waals surface area contributed by atoms with Gasteiger partial charge in [0, 0.05) is 38.3 Å². The number of carbonyl (C=O) groups excluding carboxylic acids is 2. The molecular weight excluding hydrogens is 316 g/mol. The van der Waals surface area contributed by atoms with Gasteiger partial charge in [0.25, 0.3) is 5.91 Å². The average molecular weight is 346 g/mol. The first-order valence-corrected chi connectivity index (χ1v) is 9.00. The quantitative estimate of drug-likeness (QED) is 0.827. The van der Waals surface area contributed by atoms with Crippen LogP contribution in [0.5, 0.6) is 0 Å². The van der Waals surface area contributed by atoms with Crippen LogP contribution in [0.4, 0.5) is 4.79 Å². The topological polar surface area (TPSA) is 64.7 Å². The summed E-state index contributed by atoms with van der Waals surface area (Å²) in [4.78, 5) is 28.3. The Balaban J connectivity index is 1.84. The molecule has 1 aliphatic rings. The van der Waals surface area contributed by atoms with E-state index in [1.807, 2.05) is 42.1 Å². The molecule has 0 radical (unpaired) electrons. The SMILES string of the molecule is C[C@H]1CCCN(C(=O)NCc2cccc(C(=O)NCCN(C)C)c2)C1. The van der Waals surface area contributed by atoms with Gasteiger partial charge in [0.1, 0.15) is 0 Å². The maximum Gasteiger partial charge on any atom is 0.317 e. The van der Waals surface area contributed by atoms with E-state index in [1.54, 1.807) is 6.07 Å². The largest absolute Gasteiger partial charge is 0.351 e. The van der Waals surface area contributed by atoms with E-state index in [0.717, 1.165) is 31.6 Å². The lowest BCUT2D eigenvalue weighted by Crippen LogP contribution is -2.44. The molecule has 3 amide bonds. The Labute approximate surface area is 150 Å². The van der Waals surface area contributed by atoms with Crippen LogP contribution in [0.15, 0.2) is 24.3 Å². The number of nitrogens with one attached hydrogen (secondary N) is 2. The van der Waals surface area contributed by atoms with Crippen molar-refractivity contribution >= 4 is 11.9 Å². The van der Waals surface area contributed by atoms with Crippen LogP contribution < -0.4 is 10.6 Å². The van der Waals surface area contributed by atoms with Gasteiger partial charge in [0.05, 0.1) is 0 Å². The molecule has 1 fully saturated rings. The van der Waals surface area contributed by atoms with Crippen LogP contribution in [0, 0.1) is 5.92 Å². The number of benzene rings is 1. The molecule has 0 aromatic heterocycles. The molecule has 0 spiro atoms. The number of likely N-dealkylation sites (N-methyl/N-ethyl adjacent to an activating group) is 1. The Morgan fingerprint density at radius 3 is 2.80 bits per heavy atom. The van der Waals surface area contributed by atoms with Crippen molar-refractivity contribution in [3.8, 4) is 0 Å². The van der Waals surface area contributed by atoms with Gasteiger partial charge in [-0.25, -0.2) is 4.79 Å². The van der Waals surface area contributed by atoms with Crippen LogP contribution in [0.1, 0.15) is 35.7 Å². The molecule has 1 aromatic rings. The molecule has 0 saturated carbocycles. The van der Waals surface area contributed by atoms with E-state index < -0.39 is 0 Å². The summed E-state index contributed by atoms with van der Waals surface area (Å²) in [5, 5.41) is 5.86. The van der Waals surface area contributed by atoms with E-state index in [2.05, 4.69) is 17.6 Å². The van der Waals surface area contributed by atoms with Gasteiger partial charge in [-0.05, 0) is 50.6 Å². The number of likely N-dealkylation sites (tertiary alicyclic amines) is 1. The van der Waals surface area contributed by atoms with E-state index in [4.69, 9.17) is 0 Å². The Bertz CT molecular complexity index is 589. The van der Waals surface area contributed by atoms with Crippen LogP contribution in [-0.4, -0.2) is 62.0 Å². The van der Waals surface area contributed by atoms with Crippen molar-refractivity contribution in [2.24, 2.45) is 5.92 Å². The monoisotopic (exact) mass is 346 g/mol. The minimum absolute atomic E-state index is 0.0209. The van der Waals surface area contributed by atoms with Crippen molar-refractivity contribution < 1.29 is 9.59 Å². The van der Waals surface area contributed by atoms with E-state index in [1.165, 1.54) is 6.42 Å². The van der Waals surface area contributed by atoms with Gasteiger partial charge in [0.15, 0.2) is 0 Å². The fourth-order valence-corrected chi connectivity index (χ4v) is 2.98. The van der Waals surface area contributed by atoms with Gasteiger partial charge in [-0.15, -0.1) is 0 Å². The first kappa shape index (κ1) is 19.2. The molecule has 6 nitrogen and oxygen atoms in total. The molecule has 6 heteroatoms. The second-order valence-electron chi connectivity index (χ2n) is 7.11. The summed E-state index contributed by atoms with van der Waals surface area (Å²) in [6.45, 7) is 5.67. The number of hydrogen-bond donors (Lipinski definition) is 2. The minimum Gasteiger partial charge on any atom is -0.351 e. The number of urea groups is 1. The summed E-state index contributed by atoms with van der Waals surface area (Å²) in [7, 11) is 3.94. The van der Waals surface area contributed by atoms with Crippen LogP contribution in [-0.2, 0) is 6.54 Å². The normalized spacial score (nSPS) is 17.4. The van der Waals surface area contributed by atoms with E-state index in [0.29, 0.717) is 24.6 Å². The molecule has 2 N–H and O–H groups in total. The molecule has 1 saturated heterocycles. The van der Waals surface area contributed by atoms with Gasteiger partial charge >= 0.3 is 6.03 Å². The van der Waals surface area contributed by atoms with Gasteiger partial charge in [-0.3, -0.25) is 4.79 Å². The number of rotatable bonds is 6. The van der Waals surface area contributed by atoms with Gasteiger partial charge < -0.3 is 20.4 Å². The van der Waals surface area contributed by atoms with Crippen LogP contribution in [0.25, 0.3) is 0 Å². The predicted octanol–water partition coefficient (Wildman–Crippen LogP) is 1.92. The molecule has 1 atom stereocenters. The molecule has 138 valence electrons. The zero-order chi connectivity index (χ0) is 18.2. The number of amides is 3. The molecular formula is C19H30N4O2. The third-order valence-electron chi connectivity index (χ3n) is 4.42. The summed E-state index contributed by atoms with van der Waals surface area (Å²) in [6.07, 6.45) is 2.26. The maximum absolute atomic E-state index is 12.3. The number of nitrogens with zero attached hydrogens (tertiary/aromatic N) is 2. The van der Waals surface area contributed by atoms with Crippen molar-refractivity contribution in [1.29, 1.82) is 0 Å². The molecule has 25 heavy (non-hydrogen) atoms. The highest BCUT2D eigenvalue weighted by molar-refractivity contribution is 5.94. The smallest absolute Gasteiger partial charge is 0.317 e. The molecule has 0 bridgehead atoms. The summed E-state index contributed by atoms with van der Waals surface area (Å²) < 4.78 is 0. The third-order valence-corrected chi connectivity index (χ3v) is 4.42. The number of carbonyl (C=O) groups is 2. The van der Waals surface area contributed by atoms with E-state index in [9.17, 15) is 9.59 Å². The highest BCUT2D eigenvalue weighted by Gasteiger charge is 2.20. The van der Waals surface area contributed by atoms with Crippen molar-refractivity contribution in [3.63, 3.8) is 0 Å². The first-order chi connectivity index (χ1) is 12.0. The summed E-state index contributed by atoms with van der Waals surface area (Å²) >= 11 is 0. The van der Waals surface area contributed by atoms with Crippen molar-refractivity contribution in [3.05, 3.63) is 35.4 Å². The van der Waals surface area contributed by atoms with Crippen LogP contribution >= 0.6 is 0 Å².